The van der Waals surface area contributed by atoms with Crippen LogP contribution in [0, 0.1) is 13.8 Å². The summed E-state index contributed by atoms with van der Waals surface area (Å²) >= 11 is 0. The second-order valence-corrected chi connectivity index (χ2v) is 3.77. The van der Waals surface area contributed by atoms with Crippen LogP contribution in [0.25, 0.3) is 0 Å². The number of rotatable bonds is 3. The second kappa shape index (κ2) is 4.37. The molecule has 0 fully saturated rings. The van der Waals surface area contributed by atoms with E-state index in [2.05, 4.69) is 15.3 Å². The Morgan fingerprint density at radius 3 is 2.14 bits per heavy atom. The predicted octanol–water partition coefficient (Wildman–Crippen LogP) is 1.24. The van der Waals surface area contributed by atoms with Gasteiger partial charge in [0.15, 0.2) is 0 Å². The molecule has 0 aliphatic carbocycles. The molecule has 2 atom stereocenters. The minimum Gasteiger partial charge on any atom is -0.350 e. The van der Waals surface area contributed by atoms with Crippen LogP contribution in [0.1, 0.15) is 25.2 Å². The van der Waals surface area contributed by atoms with Crippen molar-refractivity contribution in [3.8, 4) is 0 Å². The Bertz CT molecular complexity index is 289. The van der Waals surface area contributed by atoms with Gasteiger partial charge in [0.25, 0.3) is 0 Å². The Morgan fingerprint density at radius 1 is 1.21 bits per heavy atom. The van der Waals surface area contributed by atoms with Crippen molar-refractivity contribution in [1.29, 1.82) is 0 Å². The van der Waals surface area contributed by atoms with Crippen molar-refractivity contribution >= 4 is 5.95 Å². The lowest BCUT2D eigenvalue weighted by atomic mass is 10.2. The molecule has 0 aliphatic heterocycles. The maximum atomic E-state index is 5.74. The van der Waals surface area contributed by atoms with Crippen molar-refractivity contribution in [3.63, 3.8) is 0 Å². The molecule has 1 aromatic heterocycles. The monoisotopic (exact) mass is 194 g/mol. The van der Waals surface area contributed by atoms with Gasteiger partial charge in [-0.3, -0.25) is 0 Å². The molecule has 0 radical (unpaired) electrons. The van der Waals surface area contributed by atoms with E-state index in [1.165, 1.54) is 0 Å². The van der Waals surface area contributed by atoms with Gasteiger partial charge in [-0.15, -0.1) is 0 Å². The van der Waals surface area contributed by atoms with E-state index in [1.807, 2.05) is 33.8 Å². The summed E-state index contributed by atoms with van der Waals surface area (Å²) in [6.07, 6.45) is 0. The molecule has 0 saturated heterocycles. The first-order chi connectivity index (χ1) is 6.49. The molecule has 78 valence electrons. The smallest absolute Gasteiger partial charge is 0.223 e. The molecule has 0 saturated carbocycles. The van der Waals surface area contributed by atoms with Gasteiger partial charge in [0, 0.05) is 23.5 Å². The fourth-order valence-corrected chi connectivity index (χ4v) is 1.13. The average molecular weight is 194 g/mol. The summed E-state index contributed by atoms with van der Waals surface area (Å²) in [6.45, 7) is 7.89. The number of nitrogens with two attached hydrogens (primary N) is 1. The lowest BCUT2D eigenvalue weighted by molar-refractivity contribution is 0.632. The third kappa shape index (κ3) is 2.96. The van der Waals surface area contributed by atoms with Crippen LogP contribution in [0.5, 0.6) is 0 Å². The Hall–Kier alpha value is -1.16. The fraction of sp³-hybridized carbons (Fsp3) is 0.600. The molecule has 0 aromatic carbocycles. The predicted molar refractivity (Wildman–Crippen MR) is 58.2 cm³/mol. The lowest BCUT2D eigenvalue weighted by Gasteiger charge is -2.17. The van der Waals surface area contributed by atoms with E-state index >= 15 is 0 Å². The summed E-state index contributed by atoms with van der Waals surface area (Å²) in [5.41, 5.74) is 7.68. The van der Waals surface area contributed by atoms with Gasteiger partial charge >= 0.3 is 0 Å². The van der Waals surface area contributed by atoms with Crippen LogP contribution >= 0.6 is 0 Å². The van der Waals surface area contributed by atoms with Gasteiger partial charge in [0.05, 0.1) is 0 Å². The van der Waals surface area contributed by atoms with Gasteiger partial charge in [-0.05, 0) is 33.8 Å². The van der Waals surface area contributed by atoms with E-state index in [0.29, 0.717) is 5.95 Å². The standard InChI is InChI=1S/C10H18N4/c1-6-5-7(2)13-10(12-6)14-9(4)8(3)11/h5,8-9H,11H2,1-4H3,(H,12,13,14). The number of aromatic nitrogens is 2. The van der Waals surface area contributed by atoms with Crippen LogP contribution in [-0.4, -0.2) is 22.1 Å². The Kier molecular flexibility index (Phi) is 3.41. The number of nitrogens with one attached hydrogen (secondary N) is 1. The topological polar surface area (TPSA) is 63.8 Å². The fourth-order valence-electron chi connectivity index (χ4n) is 1.13. The lowest BCUT2D eigenvalue weighted by Crippen LogP contribution is -2.35. The van der Waals surface area contributed by atoms with Gasteiger partial charge in [-0.1, -0.05) is 0 Å². The first-order valence-corrected chi connectivity index (χ1v) is 4.83. The summed E-state index contributed by atoms with van der Waals surface area (Å²) in [4.78, 5) is 8.56. The SMILES string of the molecule is Cc1cc(C)nc(NC(C)C(C)N)n1. The minimum atomic E-state index is 0.0828. The number of aryl methyl sites for hydroxylation is 2. The van der Waals surface area contributed by atoms with Crippen molar-refractivity contribution in [2.75, 3.05) is 5.32 Å². The first-order valence-electron chi connectivity index (χ1n) is 4.83. The van der Waals surface area contributed by atoms with Gasteiger partial charge < -0.3 is 11.1 Å². The summed E-state index contributed by atoms with van der Waals surface area (Å²) < 4.78 is 0. The zero-order valence-corrected chi connectivity index (χ0v) is 9.20. The molecule has 0 aliphatic rings. The number of anilines is 1. The molecule has 14 heavy (non-hydrogen) atoms. The van der Waals surface area contributed by atoms with E-state index in [4.69, 9.17) is 5.73 Å². The van der Waals surface area contributed by atoms with E-state index in [-0.39, 0.29) is 12.1 Å². The van der Waals surface area contributed by atoms with Gasteiger partial charge in [0.2, 0.25) is 5.95 Å². The molecule has 4 heteroatoms. The highest BCUT2D eigenvalue weighted by Gasteiger charge is 2.08. The van der Waals surface area contributed by atoms with Crippen molar-refractivity contribution in [2.45, 2.75) is 39.8 Å². The third-order valence-electron chi connectivity index (χ3n) is 2.13. The summed E-state index contributed by atoms with van der Waals surface area (Å²) in [5, 5.41) is 3.18. The highest BCUT2D eigenvalue weighted by Crippen LogP contribution is 2.05. The van der Waals surface area contributed by atoms with Crippen LogP contribution < -0.4 is 11.1 Å². The van der Waals surface area contributed by atoms with E-state index in [0.717, 1.165) is 11.4 Å². The molecule has 0 spiro atoms. The molecule has 3 N–H and O–H groups in total. The van der Waals surface area contributed by atoms with Gasteiger partial charge in [0.1, 0.15) is 0 Å². The number of hydrogen-bond donors (Lipinski definition) is 2. The molecule has 2 unspecified atom stereocenters. The second-order valence-electron chi connectivity index (χ2n) is 3.77. The van der Waals surface area contributed by atoms with Gasteiger partial charge in [-0.2, -0.15) is 0 Å². The largest absolute Gasteiger partial charge is 0.350 e. The summed E-state index contributed by atoms with van der Waals surface area (Å²) in [6, 6.07) is 2.21. The van der Waals surface area contributed by atoms with Crippen molar-refractivity contribution in [3.05, 3.63) is 17.5 Å². The molecule has 4 nitrogen and oxygen atoms in total. The number of hydrogen-bond acceptors (Lipinski definition) is 4. The quantitative estimate of drug-likeness (QED) is 0.760. The summed E-state index contributed by atoms with van der Waals surface area (Å²) in [5.74, 6) is 0.660. The minimum absolute atomic E-state index is 0.0828. The summed E-state index contributed by atoms with van der Waals surface area (Å²) in [7, 11) is 0. The molecular formula is C10H18N4. The maximum absolute atomic E-state index is 5.74. The Morgan fingerprint density at radius 2 is 1.71 bits per heavy atom. The van der Waals surface area contributed by atoms with Crippen LogP contribution in [-0.2, 0) is 0 Å². The van der Waals surface area contributed by atoms with E-state index in [1.54, 1.807) is 0 Å². The van der Waals surface area contributed by atoms with Crippen molar-refractivity contribution in [1.82, 2.24) is 9.97 Å². The van der Waals surface area contributed by atoms with E-state index < -0.39 is 0 Å². The highest BCUT2D eigenvalue weighted by atomic mass is 15.1. The highest BCUT2D eigenvalue weighted by molar-refractivity contribution is 5.29. The Labute approximate surface area is 85.0 Å². The normalized spacial score (nSPS) is 14.9. The Balaban J connectivity index is 2.76. The molecule has 0 amide bonds. The molecule has 0 bridgehead atoms. The number of nitrogens with zero attached hydrogens (tertiary/aromatic N) is 2. The van der Waals surface area contributed by atoms with Crippen molar-refractivity contribution in [2.24, 2.45) is 5.73 Å². The molecule has 1 heterocycles. The van der Waals surface area contributed by atoms with Crippen LogP contribution in [0.3, 0.4) is 0 Å². The molecule has 1 aromatic rings. The van der Waals surface area contributed by atoms with Gasteiger partial charge in [-0.25, -0.2) is 9.97 Å². The zero-order valence-electron chi connectivity index (χ0n) is 9.20. The van der Waals surface area contributed by atoms with Crippen LogP contribution in [0.2, 0.25) is 0 Å². The average Bonchev–Trinajstić information content (AvgIpc) is 2.01. The maximum Gasteiger partial charge on any atom is 0.223 e. The van der Waals surface area contributed by atoms with E-state index in [9.17, 15) is 0 Å². The third-order valence-corrected chi connectivity index (χ3v) is 2.13. The molecular weight excluding hydrogens is 176 g/mol. The first kappa shape index (κ1) is 10.9. The van der Waals surface area contributed by atoms with Crippen molar-refractivity contribution < 1.29 is 0 Å². The van der Waals surface area contributed by atoms with Crippen LogP contribution in [0.15, 0.2) is 6.07 Å². The van der Waals surface area contributed by atoms with Crippen LogP contribution in [0.4, 0.5) is 5.95 Å². The zero-order chi connectivity index (χ0) is 10.7. The molecule has 1 rings (SSSR count).